The normalized spacial score (nSPS) is 22.8. The predicted octanol–water partition coefficient (Wildman–Crippen LogP) is 4.02. The molecule has 10 heteroatoms. The molecule has 1 fully saturated rings. The van der Waals surface area contributed by atoms with Crippen molar-refractivity contribution in [1.29, 1.82) is 0 Å². The number of carbonyl (C=O) groups excluding carboxylic acids is 2. The molecule has 1 saturated heterocycles. The molecule has 0 bridgehead atoms. The highest BCUT2D eigenvalue weighted by atomic mass is 79.9. The number of rotatable bonds is 8. The first kappa shape index (κ1) is 26.7. The van der Waals surface area contributed by atoms with Crippen molar-refractivity contribution in [2.75, 3.05) is 13.7 Å². The second-order valence-corrected chi connectivity index (χ2v) is 9.17. The van der Waals surface area contributed by atoms with Crippen molar-refractivity contribution in [3.05, 3.63) is 46.7 Å². The molecule has 190 valence electrons. The smallest absolute Gasteiger partial charge is 0.329 e. The van der Waals surface area contributed by atoms with Crippen LogP contribution in [0.15, 0.2) is 41.0 Å². The molecule has 3 rings (SSSR count). The molecule has 4 unspecified atom stereocenters. The number of methoxy groups -OCH3 is 1. The molecule has 2 aromatic rings. The number of amides is 1. The van der Waals surface area contributed by atoms with Crippen LogP contribution in [0.1, 0.15) is 50.0 Å². The maximum absolute atomic E-state index is 13.0. The fourth-order valence-electron chi connectivity index (χ4n) is 3.85. The molecule has 1 amide bonds. The molecule has 2 N–H and O–H groups in total. The summed E-state index contributed by atoms with van der Waals surface area (Å²) in [6.45, 7) is 4.33. The zero-order valence-electron chi connectivity index (χ0n) is 20.0. The second-order valence-electron chi connectivity index (χ2n) is 8.26. The second kappa shape index (κ2) is 12.7. The van der Waals surface area contributed by atoms with Gasteiger partial charge in [0.1, 0.15) is 17.9 Å². The third-order valence-electron chi connectivity index (χ3n) is 5.65. The zero-order chi connectivity index (χ0) is 25.4. The Morgan fingerprint density at radius 1 is 1.26 bits per heavy atom. The standard InChI is InChI=1S/C25H31BrN2O7/c1-4-14-33-20-7-5-6-18(28-24(30)21-22(29)19(32-3)12-13-27-21)25(31)34-15(2)23(20)35-17-10-8-16(26)9-11-17/h8-13,15,18,20,23,29H,4-7,14H2,1-3H3,(H,28,30). The summed E-state index contributed by atoms with van der Waals surface area (Å²) < 4.78 is 24.0. The van der Waals surface area contributed by atoms with Crippen LogP contribution in [0.25, 0.3) is 0 Å². The van der Waals surface area contributed by atoms with Gasteiger partial charge in [-0.25, -0.2) is 9.78 Å². The van der Waals surface area contributed by atoms with Crippen molar-refractivity contribution in [3.63, 3.8) is 0 Å². The first-order valence-electron chi connectivity index (χ1n) is 11.6. The number of benzene rings is 1. The number of nitrogens with zero attached hydrogens (tertiary/aromatic N) is 1. The minimum atomic E-state index is -0.921. The fourth-order valence-corrected chi connectivity index (χ4v) is 4.12. The topological polar surface area (TPSA) is 116 Å². The van der Waals surface area contributed by atoms with Gasteiger partial charge < -0.3 is 29.4 Å². The lowest BCUT2D eigenvalue weighted by molar-refractivity contribution is -0.159. The van der Waals surface area contributed by atoms with Crippen LogP contribution >= 0.6 is 15.9 Å². The Kier molecular flexibility index (Phi) is 9.73. The molecule has 0 spiro atoms. The molecule has 1 aliphatic rings. The Morgan fingerprint density at radius 3 is 2.69 bits per heavy atom. The number of nitrogens with one attached hydrogen (secondary N) is 1. The Morgan fingerprint density at radius 2 is 2.00 bits per heavy atom. The highest BCUT2D eigenvalue weighted by Crippen LogP contribution is 2.28. The summed E-state index contributed by atoms with van der Waals surface area (Å²) in [4.78, 5) is 29.7. The molecule has 0 aliphatic carbocycles. The van der Waals surface area contributed by atoms with Gasteiger partial charge in [0.25, 0.3) is 5.91 Å². The Balaban J connectivity index is 1.77. The maximum Gasteiger partial charge on any atom is 0.329 e. The summed E-state index contributed by atoms with van der Waals surface area (Å²) in [7, 11) is 1.37. The van der Waals surface area contributed by atoms with E-state index in [4.69, 9.17) is 18.9 Å². The number of hydrogen-bond acceptors (Lipinski definition) is 8. The number of pyridine rings is 1. The van der Waals surface area contributed by atoms with Crippen molar-refractivity contribution in [3.8, 4) is 17.2 Å². The lowest BCUT2D eigenvalue weighted by Gasteiger charge is -2.31. The minimum Gasteiger partial charge on any atom is -0.503 e. The van der Waals surface area contributed by atoms with Crippen LogP contribution in [0.3, 0.4) is 0 Å². The summed E-state index contributed by atoms with van der Waals surface area (Å²) >= 11 is 3.41. The molecule has 1 aliphatic heterocycles. The van der Waals surface area contributed by atoms with Gasteiger partial charge in [-0.15, -0.1) is 0 Å². The van der Waals surface area contributed by atoms with E-state index in [1.807, 2.05) is 31.2 Å². The molecular formula is C25H31BrN2O7. The summed E-state index contributed by atoms with van der Waals surface area (Å²) in [5.41, 5.74) is -0.231. The van der Waals surface area contributed by atoms with Crippen molar-refractivity contribution >= 4 is 27.8 Å². The van der Waals surface area contributed by atoms with Crippen LogP contribution in [-0.4, -0.2) is 60.0 Å². The highest BCUT2D eigenvalue weighted by Gasteiger charge is 2.36. The summed E-state index contributed by atoms with van der Waals surface area (Å²) in [5.74, 6) is -0.937. The SMILES string of the molecule is CCCOC1CCCC(NC(=O)c2nccc(OC)c2O)C(=O)OC(C)C1Oc1ccc(Br)cc1. The van der Waals surface area contributed by atoms with Gasteiger partial charge in [-0.05, 0) is 56.9 Å². The first-order valence-corrected chi connectivity index (χ1v) is 12.4. The minimum absolute atomic E-state index is 0.111. The molecule has 0 saturated carbocycles. The van der Waals surface area contributed by atoms with Crippen molar-refractivity contribution in [2.24, 2.45) is 0 Å². The van der Waals surface area contributed by atoms with Crippen molar-refractivity contribution in [2.45, 2.75) is 63.9 Å². The van der Waals surface area contributed by atoms with Gasteiger partial charge in [0, 0.05) is 23.3 Å². The number of halogens is 1. The van der Waals surface area contributed by atoms with Crippen LogP contribution in [0.4, 0.5) is 0 Å². The molecule has 2 heterocycles. The lowest BCUT2D eigenvalue weighted by Crippen LogP contribution is -2.46. The third kappa shape index (κ3) is 7.08. The average Bonchev–Trinajstić information content (AvgIpc) is 2.89. The lowest BCUT2D eigenvalue weighted by atomic mass is 10.0. The van der Waals surface area contributed by atoms with Gasteiger partial charge in [-0.1, -0.05) is 22.9 Å². The van der Waals surface area contributed by atoms with Gasteiger partial charge >= 0.3 is 5.97 Å². The van der Waals surface area contributed by atoms with E-state index in [2.05, 4.69) is 26.2 Å². The number of hydrogen-bond donors (Lipinski definition) is 2. The van der Waals surface area contributed by atoms with Crippen molar-refractivity contribution < 1.29 is 33.6 Å². The highest BCUT2D eigenvalue weighted by molar-refractivity contribution is 9.10. The summed E-state index contributed by atoms with van der Waals surface area (Å²) in [6, 6.07) is 7.92. The van der Waals surface area contributed by atoms with Crippen LogP contribution in [0.5, 0.6) is 17.2 Å². The quantitative estimate of drug-likeness (QED) is 0.473. The number of aromatic nitrogens is 1. The molecular weight excluding hydrogens is 520 g/mol. The molecule has 0 radical (unpaired) electrons. The number of esters is 1. The monoisotopic (exact) mass is 550 g/mol. The molecule has 4 atom stereocenters. The number of carbonyl (C=O) groups is 2. The van der Waals surface area contributed by atoms with Gasteiger partial charge in [0.2, 0.25) is 0 Å². The number of ether oxygens (including phenoxy) is 4. The summed E-state index contributed by atoms with van der Waals surface area (Å²) in [5, 5.41) is 12.9. The van der Waals surface area contributed by atoms with E-state index in [1.165, 1.54) is 19.4 Å². The number of aromatic hydroxyl groups is 1. The Hall–Kier alpha value is -2.85. The molecule has 35 heavy (non-hydrogen) atoms. The average molecular weight is 551 g/mol. The first-order chi connectivity index (χ1) is 16.8. The van der Waals surface area contributed by atoms with E-state index in [9.17, 15) is 14.7 Å². The predicted molar refractivity (Wildman–Crippen MR) is 132 cm³/mol. The summed E-state index contributed by atoms with van der Waals surface area (Å²) in [6.07, 6.45) is 2.22. The third-order valence-corrected chi connectivity index (χ3v) is 6.18. The maximum atomic E-state index is 13.0. The van der Waals surface area contributed by atoms with E-state index < -0.39 is 35.9 Å². The fraction of sp³-hybridized carbons (Fsp3) is 0.480. The Labute approximate surface area is 213 Å². The van der Waals surface area contributed by atoms with Crippen LogP contribution < -0.4 is 14.8 Å². The van der Waals surface area contributed by atoms with E-state index in [1.54, 1.807) is 6.92 Å². The Bertz CT molecular complexity index is 1000. The van der Waals surface area contributed by atoms with Crippen molar-refractivity contribution in [1.82, 2.24) is 10.3 Å². The zero-order valence-corrected chi connectivity index (χ0v) is 21.6. The largest absolute Gasteiger partial charge is 0.503 e. The van der Waals surface area contributed by atoms with E-state index in [0.717, 1.165) is 10.9 Å². The van der Waals surface area contributed by atoms with Crippen LogP contribution in [-0.2, 0) is 14.3 Å². The van der Waals surface area contributed by atoms with E-state index >= 15 is 0 Å². The van der Waals surface area contributed by atoms with Gasteiger partial charge in [0.05, 0.1) is 13.2 Å². The van der Waals surface area contributed by atoms with E-state index in [0.29, 0.717) is 31.6 Å². The van der Waals surface area contributed by atoms with Gasteiger partial charge in [-0.2, -0.15) is 0 Å². The van der Waals surface area contributed by atoms with Gasteiger partial charge in [0.15, 0.2) is 23.3 Å². The molecule has 9 nitrogen and oxygen atoms in total. The van der Waals surface area contributed by atoms with Crippen LogP contribution in [0, 0.1) is 0 Å². The van der Waals surface area contributed by atoms with Gasteiger partial charge in [-0.3, -0.25) is 4.79 Å². The van der Waals surface area contributed by atoms with E-state index in [-0.39, 0.29) is 17.5 Å². The molecule has 1 aromatic carbocycles. The number of cyclic esters (lactones) is 1. The van der Waals surface area contributed by atoms with Crippen LogP contribution in [0.2, 0.25) is 0 Å². The molecule has 1 aromatic heterocycles.